The first-order valence-corrected chi connectivity index (χ1v) is 7.67. The second kappa shape index (κ2) is 9.20. The second-order valence-electron chi connectivity index (χ2n) is 5.14. The lowest BCUT2D eigenvalue weighted by molar-refractivity contribution is -0.112. The molecule has 2 aromatic rings. The van der Waals surface area contributed by atoms with Crippen LogP contribution in [-0.4, -0.2) is 26.7 Å². The monoisotopic (exact) mass is 374 g/mol. The van der Waals surface area contributed by atoms with Gasteiger partial charge in [0.05, 0.1) is 14.2 Å². The van der Waals surface area contributed by atoms with E-state index in [1.807, 2.05) is 6.07 Å². The predicted octanol–water partition coefficient (Wildman–Crippen LogP) is 3.85. The molecular weight excluding hydrogens is 358 g/mol. The number of rotatable bonds is 7. The summed E-state index contributed by atoms with van der Waals surface area (Å²) in [6.45, 7) is -2.92. The lowest BCUT2D eigenvalue weighted by Gasteiger charge is -2.10. The van der Waals surface area contributed by atoms with E-state index in [1.54, 1.807) is 18.2 Å². The zero-order valence-corrected chi connectivity index (χ0v) is 14.5. The number of amides is 1. The molecule has 0 fully saturated rings. The highest BCUT2D eigenvalue weighted by Crippen LogP contribution is 2.30. The van der Waals surface area contributed by atoms with E-state index in [4.69, 9.17) is 9.47 Å². The maximum absolute atomic E-state index is 12.3. The Morgan fingerprint density at radius 3 is 2.33 bits per heavy atom. The van der Waals surface area contributed by atoms with E-state index in [0.29, 0.717) is 22.7 Å². The Balaban J connectivity index is 2.16. The average Bonchev–Trinajstić information content (AvgIpc) is 2.66. The summed E-state index contributed by atoms with van der Waals surface area (Å²) in [7, 11) is 2.95. The van der Waals surface area contributed by atoms with E-state index in [9.17, 15) is 18.8 Å². The third-order valence-electron chi connectivity index (χ3n) is 3.42. The van der Waals surface area contributed by atoms with Gasteiger partial charge in [0, 0.05) is 11.8 Å². The number of hydrogen-bond acceptors (Lipinski definition) is 5. The van der Waals surface area contributed by atoms with E-state index in [0.717, 1.165) is 0 Å². The number of halogens is 2. The summed E-state index contributed by atoms with van der Waals surface area (Å²) in [5.74, 6) is 0.276. The van der Waals surface area contributed by atoms with Crippen molar-refractivity contribution in [2.24, 2.45) is 0 Å². The Morgan fingerprint density at radius 2 is 1.78 bits per heavy atom. The lowest BCUT2D eigenvalue weighted by Crippen LogP contribution is -2.13. The topological polar surface area (TPSA) is 80.6 Å². The van der Waals surface area contributed by atoms with Crippen molar-refractivity contribution in [3.8, 4) is 23.3 Å². The number of nitriles is 1. The van der Waals surface area contributed by atoms with E-state index in [1.165, 1.54) is 44.6 Å². The van der Waals surface area contributed by atoms with Gasteiger partial charge >= 0.3 is 6.61 Å². The quantitative estimate of drug-likeness (QED) is 0.588. The number of nitrogens with one attached hydrogen (secondary N) is 1. The minimum atomic E-state index is -2.92. The first kappa shape index (κ1) is 19.7. The summed E-state index contributed by atoms with van der Waals surface area (Å²) in [5.41, 5.74) is 0.738. The predicted molar refractivity (Wildman–Crippen MR) is 94.8 cm³/mol. The zero-order valence-electron chi connectivity index (χ0n) is 14.5. The molecule has 0 heterocycles. The third-order valence-corrected chi connectivity index (χ3v) is 3.42. The molecule has 2 aromatic carbocycles. The van der Waals surface area contributed by atoms with Gasteiger partial charge in [-0.3, -0.25) is 4.79 Å². The van der Waals surface area contributed by atoms with Crippen molar-refractivity contribution in [2.75, 3.05) is 19.5 Å². The van der Waals surface area contributed by atoms with Crippen molar-refractivity contribution in [3.05, 3.63) is 53.6 Å². The first-order chi connectivity index (χ1) is 13.0. The van der Waals surface area contributed by atoms with Crippen molar-refractivity contribution < 1.29 is 27.8 Å². The molecule has 0 radical (unpaired) electrons. The van der Waals surface area contributed by atoms with Gasteiger partial charge in [0.15, 0.2) is 11.5 Å². The number of hydrogen-bond donors (Lipinski definition) is 1. The minimum Gasteiger partial charge on any atom is -0.493 e. The summed E-state index contributed by atoms with van der Waals surface area (Å²) in [6, 6.07) is 12.1. The smallest absolute Gasteiger partial charge is 0.387 e. The van der Waals surface area contributed by atoms with Gasteiger partial charge in [-0.15, -0.1) is 0 Å². The van der Waals surface area contributed by atoms with Crippen LogP contribution in [-0.2, 0) is 4.79 Å². The van der Waals surface area contributed by atoms with Gasteiger partial charge < -0.3 is 19.5 Å². The van der Waals surface area contributed by atoms with Crippen LogP contribution >= 0.6 is 0 Å². The number of ether oxygens (including phenoxy) is 3. The zero-order chi connectivity index (χ0) is 19.8. The van der Waals surface area contributed by atoms with E-state index >= 15 is 0 Å². The van der Waals surface area contributed by atoms with Crippen molar-refractivity contribution >= 4 is 17.7 Å². The molecule has 6 nitrogen and oxygen atoms in total. The van der Waals surface area contributed by atoms with Gasteiger partial charge in [-0.1, -0.05) is 12.1 Å². The van der Waals surface area contributed by atoms with Crippen molar-refractivity contribution in [1.29, 1.82) is 5.26 Å². The standard InChI is InChI=1S/C19H16F2N2O4/c1-25-16-8-5-14(10-17(16)26-2)23-18(24)13(11-22)9-12-3-6-15(7-4-12)27-19(20)21/h3-10,19H,1-2H3,(H,23,24)/b13-9-. The van der Waals surface area contributed by atoms with Crippen LogP contribution in [0.2, 0.25) is 0 Å². The first-order valence-electron chi connectivity index (χ1n) is 7.67. The fourth-order valence-corrected chi connectivity index (χ4v) is 2.17. The fourth-order valence-electron chi connectivity index (χ4n) is 2.17. The molecule has 0 saturated heterocycles. The number of nitrogens with zero attached hydrogens (tertiary/aromatic N) is 1. The van der Waals surface area contributed by atoms with Crippen molar-refractivity contribution in [2.45, 2.75) is 6.61 Å². The molecule has 2 rings (SSSR count). The van der Waals surface area contributed by atoms with Crippen LogP contribution in [0.3, 0.4) is 0 Å². The van der Waals surface area contributed by atoms with Gasteiger partial charge in [-0.05, 0) is 35.9 Å². The van der Waals surface area contributed by atoms with Crippen LogP contribution in [0, 0.1) is 11.3 Å². The molecule has 0 saturated carbocycles. The molecule has 0 atom stereocenters. The van der Waals surface area contributed by atoms with Crippen LogP contribution in [0.1, 0.15) is 5.56 Å². The normalized spacial score (nSPS) is 10.9. The summed E-state index contributed by atoms with van der Waals surface area (Å²) in [5, 5.41) is 11.8. The summed E-state index contributed by atoms with van der Waals surface area (Å²) in [4.78, 5) is 12.3. The van der Waals surface area contributed by atoms with Gasteiger partial charge in [-0.2, -0.15) is 14.0 Å². The minimum absolute atomic E-state index is 0.0181. The molecule has 0 bridgehead atoms. The van der Waals surface area contributed by atoms with E-state index in [2.05, 4.69) is 10.1 Å². The maximum atomic E-state index is 12.3. The van der Waals surface area contributed by atoms with Crippen LogP contribution in [0.25, 0.3) is 6.08 Å². The molecule has 0 unspecified atom stereocenters. The number of alkyl halides is 2. The number of benzene rings is 2. The number of methoxy groups -OCH3 is 2. The van der Waals surface area contributed by atoms with Gasteiger partial charge in [0.2, 0.25) is 0 Å². The fraction of sp³-hybridized carbons (Fsp3) is 0.158. The Hall–Kier alpha value is -3.60. The summed E-state index contributed by atoms with van der Waals surface area (Å²) in [6.07, 6.45) is 1.34. The molecule has 8 heteroatoms. The average molecular weight is 374 g/mol. The van der Waals surface area contributed by atoms with Crippen LogP contribution in [0.4, 0.5) is 14.5 Å². The van der Waals surface area contributed by atoms with E-state index in [-0.39, 0.29) is 11.3 Å². The molecule has 0 aliphatic heterocycles. The lowest BCUT2D eigenvalue weighted by atomic mass is 10.1. The Labute approximate surface area is 154 Å². The van der Waals surface area contributed by atoms with Crippen molar-refractivity contribution in [1.82, 2.24) is 0 Å². The molecule has 0 aromatic heterocycles. The number of carbonyl (C=O) groups excluding carboxylic acids is 1. The maximum Gasteiger partial charge on any atom is 0.387 e. The van der Waals surface area contributed by atoms with Crippen molar-refractivity contribution in [3.63, 3.8) is 0 Å². The van der Waals surface area contributed by atoms with Gasteiger partial charge in [0.25, 0.3) is 5.91 Å². The highest BCUT2D eigenvalue weighted by molar-refractivity contribution is 6.09. The number of anilines is 1. The molecule has 0 spiro atoms. The molecule has 140 valence electrons. The van der Waals surface area contributed by atoms with Gasteiger partial charge in [0.1, 0.15) is 17.4 Å². The number of carbonyl (C=O) groups is 1. The molecule has 1 N–H and O–H groups in total. The molecule has 0 aliphatic rings. The Morgan fingerprint density at radius 1 is 1.11 bits per heavy atom. The Kier molecular flexibility index (Phi) is 6.72. The highest BCUT2D eigenvalue weighted by atomic mass is 19.3. The van der Waals surface area contributed by atoms with Crippen LogP contribution < -0.4 is 19.5 Å². The SMILES string of the molecule is COc1ccc(NC(=O)/C(C#N)=C\c2ccc(OC(F)F)cc2)cc1OC. The summed E-state index contributed by atoms with van der Waals surface area (Å²) < 4.78 is 38.8. The highest BCUT2D eigenvalue weighted by Gasteiger charge is 2.12. The summed E-state index contributed by atoms with van der Waals surface area (Å²) >= 11 is 0. The van der Waals surface area contributed by atoms with E-state index < -0.39 is 12.5 Å². The van der Waals surface area contributed by atoms with Crippen LogP contribution in [0.15, 0.2) is 48.0 Å². The van der Waals surface area contributed by atoms with Gasteiger partial charge in [-0.25, -0.2) is 0 Å². The molecular formula is C19H16F2N2O4. The third kappa shape index (κ3) is 5.44. The molecule has 1 amide bonds. The molecule has 27 heavy (non-hydrogen) atoms. The van der Waals surface area contributed by atoms with Crippen LogP contribution in [0.5, 0.6) is 17.2 Å². The second-order valence-corrected chi connectivity index (χ2v) is 5.14. The molecule has 0 aliphatic carbocycles. The largest absolute Gasteiger partial charge is 0.493 e. The Bertz CT molecular complexity index is 874.